The van der Waals surface area contributed by atoms with Gasteiger partial charge >= 0.3 is 5.97 Å². The van der Waals surface area contributed by atoms with Gasteiger partial charge in [0.2, 0.25) is 0 Å². The zero-order chi connectivity index (χ0) is 19.1. The Bertz CT molecular complexity index is 904. The van der Waals surface area contributed by atoms with Gasteiger partial charge in [0.25, 0.3) is 5.91 Å². The number of nitrogens with one attached hydrogen (secondary N) is 1. The highest BCUT2D eigenvalue weighted by Gasteiger charge is 2.11. The molecule has 2 aromatic carbocycles. The molecule has 0 saturated heterocycles. The summed E-state index contributed by atoms with van der Waals surface area (Å²) in [7, 11) is 0. The van der Waals surface area contributed by atoms with Crippen LogP contribution in [0.3, 0.4) is 0 Å². The molecule has 0 fully saturated rings. The van der Waals surface area contributed by atoms with Crippen molar-refractivity contribution in [1.29, 1.82) is 5.26 Å². The first-order valence-electron chi connectivity index (χ1n) is 7.22. The van der Waals surface area contributed by atoms with Crippen molar-refractivity contribution in [2.45, 2.75) is 0 Å². The molecule has 8 heteroatoms. The van der Waals surface area contributed by atoms with Gasteiger partial charge in [-0.3, -0.25) is 4.79 Å². The van der Waals surface area contributed by atoms with Gasteiger partial charge in [-0.1, -0.05) is 23.7 Å². The first-order valence-corrected chi connectivity index (χ1v) is 7.59. The molecular formula is C18H12ClFN2O4. The zero-order valence-electron chi connectivity index (χ0n) is 13.2. The Morgan fingerprint density at radius 3 is 2.54 bits per heavy atom. The van der Waals surface area contributed by atoms with Crippen LogP contribution in [0.15, 0.2) is 48.0 Å². The predicted molar refractivity (Wildman–Crippen MR) is 93.2 cm³/mol. The van der Waals surface area contributed by atoms with Crippen molar-refractivity contribution in [1.82, 2.24) is 0 Å². The number of rotatable bonds is 6. The number of carbonyl (C=O) groups excluding carboxylic acids is 1. The highest BCUT2D eigenvalue weighted by molar-refractivity contribution is 6.31. The molecular weight excluding hydrogens is 363 g/mol. The van der Waals surface area contributed by atoms with Crippen molar-refractivity contribution in [3.05, 3.63) is 64.4 Å². The fourth-order valence-electron chi connectivity index (χ4n) is 1.89. The topological polar surface area (TPSA) is 99.4 Å². The fraction of sp³-hybridized carbons (Fsp3) is 0.0556. The van der Waals surface area contributed by atoms with Gasteiger partial charge in [0.1, 0.15) is 23.2 Å². The van der Waals surface area contributed by atoms with E-state index >= 15 is 0 Å². The van der Waals surface area contributed by atoms with Crippen LogP contribution in [-0.4, -0.2) is 23.6 Å². The lowest BCUT2D eigenvalue weighted by Gasteiger charge is -2.06. The molecule has 0 aliphatic carbocycles. The third-order valence-electron chi connectivity index (χ3n) is 3.10. The maximum Gasteiger partial charge on any atom is 0.341 e. The van der Waals surface area contributed by atoms with Crippen molar-refractivity contribution in [3.8, 4) is 11.8 Å². The van der Waals surface area contributed by atoms with E-state index in [0.29, 0.717) is 11.3 Å². The van der Waals surface area contributed by atoms with E-state index in [1.54, 1.807) is 18.2 Å². The van der Waals surface area contributed by atoms with Gasteiger partial charge < -0.3 is 15.2 Å². The number of ether oxygens (including phenoxy) is 1. The number of hydrogen-bond acceptors (Lipinski definition) is 4. The summed E-state index contributed by atoms with van der Waals surface area (Å²) in [6.45, 7) is -0.471. The van der Waals surface area contributed by atoms with E-state index in [0.717, 1.165) is 6.07 Å². The van der Waals surface area contributed by atoms with Gasteiger partial charge in [0, 0.05) is 5.69 Å². The van der Waals surface area contributed by atoms with Crippen LogP contribution in [0.2, 0.25) is 5.02 Å². The number of anilines is 1. The Labute approximate surface area is 153 Å². The minimum Gasteiger partial charge on any atom is -0.482 e. The van der Waals surface area contributed by atoms with Crippen LogP contribution in [0, 0.1) is 17.1 Å². The van der Waals surface area contributed by atoms with Gasteiger partial charge in [-0.25, -0.2) is 9.18 Å². The third kappa shape index (κ3) is 5.33. The molecule has 0 bridgehead atoms. The number of nitrogens with zero attached hydrogens (tertiary/aromatic N) is 1. The number of benzene rings is 2. The quantitative estimate of drug-likeness (QED) is 0.595. The van der Waals surface area contributed by atoms with Crippen LogP contribution in [0.4, 0.5) is 10.1 Å². The third-order valence-corrected chi connectivity index (χ3v) is 3.39. The summed E-state index contributed by atoms with van der Waals surface area (Å²) in [6.07, 6.45) is 1.35. The van der Waals surface area contributed by atoms with Crippen LogP contribution in [0.5, 0.6) is 5.75 Å². The van der Waals surface area contributed by atoms with Crippen molar-refractivity contribution in [2.75, 3.05) is 11.9 Å². The lowest BCUT2D eigenvalue weighted by atomic mass is 10.1. The lowest BCUT2D eigenvalue weighted by Crippen LogP contribution is -2.13. The number of hydrogen-bond donors (Lipinski definition) is 2. The Morgan fingerprint density at radius 1 is 1.27 bits per heavy atom. The Morgan fingerprint density at radius 2 is 1.96 bits per heavy atom. The summed E-state index contributed by atoms with van der Waals surface area (Å²) < 4.78 is 18.1. The molecule has 0 aliphatic heterocycles. The highest BCUT2D eigenvalue weighted by Crippen LogP contribution is 2.20. The van der Waals surface area contributed by atoms with Crippen molar-refractivity contribution in [2.24, 2.45) is 0 Å². The first kappa shape index (κ1) is 19.0. The van der Waals surface area contributed by atoms with E-state index in [4.69, 9.17) is 21.4 Å². The second-order valence-corrected chi connectivity index (χ2v) is 5.41. The molecule has 2 N–H and O–H groups in total. The Hall–Kier alpha value is -3.37. The predicted octanol–water partition coefficient (Wildman–Crippen LogP) is 3.49. The molecule has 0 spiro atoms. The molecule has 0 aliphatic rings. The van der Waals surface area contributed by atoms with Crippen LogP contribution in [0.25, 0.3) is 6.08 Å². The van der Waals surface area contributed by atoms with E-state index < -0.39 is 24.3 Å². The summed E-state index contributed by atoms with van der Waals surface area (Å²) in [5.74, 6) is -2.06. The fourth-order valence-corrected chi connectivity index (χ4v) is 2.07. The number of halogens is 2. The summed E-state index contributed by atoms with van der Waals surface area (Å²) in [6, 6.07) is 11.6. The maximum absolute atomic E-state index is 13.1. The second kappa shape index (κ2) is 8.65. The SMILES string of the molecule is N#C/C(=C\c1ccc(OCC(=O)O)cc1)C(=O)Nc1ccc(F)c(Cl)c1. The van der Waals surface area contributed by atoms with Crippen LogP contribution < -0.4 is 10.1 Å². The molecule has 0 radical (unpaired) electrons. The van der Waals surface area contributed by atoms with Crippen molar-refractivity contribution >= 4 is 35.2 Å². The summed E-state index contributed by atoms with van der Waals surface area (Å²) in [5.41, 5.74) is 0.612. The molecule has 0 aromatic heterocycles. The average Bonchev–Trinajstić information content (AvgIpc) is 2.61. The van der Waals surface area contributed by atoms with Gasteiger partial charge in [0.15, 0.2) is 6.61 Å². The number of amides is 1. The van der Waals surface area contributed by atoms with Gasteiger partial charge in [-0.05, 0) is 42.0 Å². The maximum atomic E-state index is 13.1. The molecule has 2 aromatic rings. The Kier molecular flexibility index (Phi) is 6.31. The monoisotopic (exact) mass is 374 g/mol. The van der Waals surface area contributed by atoms with E-state index in [2.05, 4.69) is 5.32 Å². The molecule has 6 nitrogen and oxygen atoms in total. The second-order valence-electron chi connectivity index (χ2n) is 5.00. The molecule has 0 saturated carbocycles. The smallest absolute Gasteiger partial charge is 0.341 e. The minimum absolute atomic E-state index is 0.151. The summed E-state index contributed by atoms with van der Waals surface area (Å²) in [5, 5.41) is 20.0. The average molecular weight is 375 g/mol. The van der Waals surface area contributed by atoms with Gasteiger partial charge in [0.05, 0.1) is 5.02 Å². The van der Waals surface area contributed by atoms with Gasteiger partial charge in [-0.2, -0.15) is 5.26 Å². The van der Waals surface area contributed by atoms with Crippen LogP contribution >= 0.6 is 11.6 Å². The molecule has 1 amide bonds. The highest BCUT2D eigenvalue weighted by atomic mass is 35.5. The molecule has 0 heterocycles. The number of aliphatic carboxylic acids is 1. The molecule has 2 rings (SSSR count). The van der Waals surface area contributed by atoms with Gasteiger partial charge in [-0.15, -0.1) is 0 Å². The van der Waals surface area contributed by atoms with Crippen LogP contribution in [0.1, 0.15) is 5.56 Å². The van der Waals surface area contributed by atoms with E-state index in [1.165, 1.54) is 30.3 Å². The number of carbonyl (C=O) groups is 2. The van der Waals surface area contributed by atoms with E-state index in [1.807, 2.05) is 0 Å². The largest absolute Gasteiger partial charge is 0.482 e. The van der Waals surface area contributed by atoms with E-state index in [-0.39, 0.29) is 16.3 Å². The molecule has 26 heavy (non-hydrogen) atoms. The first-order chi connectivity index (χ1) is 12.4. The van der Waals surface area contributed by atoms with Crippen molar-refractivity contribution < 1.29 is 23.8 Å². The van der Waals surface area contributed by atoms with Crippen LogP contribution in [-0.2, 0) is 9.59 Å². The molecule has 132 valence electrons. The number of carboxylic acids is 1. The zero-order valence-corrected chi connectivity index (χ0v) is 14.0. The number of carboxylic acid groups (broad SMARTS) is 1. The normalized spacial score (nSPS) is 10.7. The number of nitriles is 1. The van der Waals surface area contributed by atoms with Crippen molar-refractivity contribution in [3.63, 3.8) is 0 Å². The summed E-state index contributed by atoms with van der Waals surface area (Å²) >= 11 is 5.65. The molecule has 0 atom stereocenters. The Balaban J connectivity index is 2.11. The standard InChI is InChI=1S/C18H12ClFN2O4/c19-15-8-13(3-6-16(15)20)22-18(25)12(9-21)7-11-1-4-14(5-2-11)26-10-17(23)24/h1-8H,10H2,(H,22,25)(H,23,24)/b12-7+. The summed E-state index contributed by atoms with van der Waals surface area (Å²) in [4.78, 5) is 22.6. The minimum atomic E-state index is -1.10. The van der Waals surface area contributed by atoms with E-state index in [9.17, 15) is 19.2 Å². The molecule has 0 unspecified atom stereocenters. The lowest BCUT2D eigenvalue weighted by molar-refractivity contribution is -0.139.